The molecular formula is C12H21NS. The van der Waals surface area contributed by atoms with Crippen LogP contribution in [0.3, 0.4) is 0 Å². The maximum atomic E-state index is 4.74. The third-order valence-corrected chi connectivity index (χ3v) is 3.63. The van der Waals surface area contributed by atoms with E-state index in [2.05, 4.69) is 40.0 Å². The van der Waals surface area contributed by atoms with Gasteiger partial charge in [0.15, 0.2) is 0 Å². The van der Waals surface area contributed by atoms with Crippen molar-refractivity contribution in [3.63, 3.8) is 0 Å². The van der Waals surface area contributed by atoms with E-state index in [4.69, 9.17) is 4.98 Å². The molecule has 2 heteroatoms. The molecule has 80 valence electrons. The molecule has 0 radical (unpaired) electrons. The Kier molecular flexibility index (Phi) is 3.71. The van der Waals surface area contributed by atoms with Crippen molar-refractivity contribution in [1.82, 2.24) is 4.98 Å². The highest BCUT2D eigenvalue weighted by molar-refractivity contribution is 7.09. The first-order valence-corrected chi connectivity index (χ1v) is 6.32. The van der Waals surface area contributed by atoms with Crippen molar-refractivity contribution in [2.24, 2.45) is 0 Å². The number of hydrogen-bond donors (Lipinski definition) is 0. The van der Waals surface area contributed by atoms with Crippen molar-refractivity contribution < 1.29 is 0 Å². The van der Waals surface area contributed by atoms with Gasteiger partial charge >= 0.3 is 0 Å². The molecule has 0 aromatic carbocycles. The number of rotatable bonds is 3. The first kappa shape index (κ1) is 11.7. The molecule has 1 aromatic rings. The van der Waals surface area contributed by atoms with Gasteiger partial charge < -0.3 is 0 Å². The second-order valence-electron chi connectivity index (χ2n) is 4.83. The molecule has 1 heterocycles. The Morgan fingerprint density at radius 2 is 1.86 bits per heavy atom. The van der Waals surface area contributed by atoms with E-state index in [1.807, 2.05) is 11.3 Å². The topological polar surface area (TPSA) is 12.9 Å². The summed E-state index contributed by atoms with van der Waals surface area (Å²) in [4.78, 5) is 4.74. The van der Waals surface area contributed by atoms with Crippen molar-refractivity contribution in [1.29, 1.82) is 0 Å². The fraction of sp³-hybridized carbons (Fsp3) is 0.750. The summed E-state index contributed by atoms with van der Waals surface area (Å²) < 4.78 is 0. The van der Waals surface area contributed by atoms with Crippen molar-refractivity contribution in [2.45, 2.75) is 58.8 Å². The summed E-state index contributed by atoms with van der Waals surface area (Å²) in [5.41, 5.74) is 1.44. The minimum atomic E-state index is 0.195. The smallest absolute Gasteiger partial charge is 0.0959 e. The molecule has 14 heavy (non-hydrogen) atoms. The number of nitrogens with zero attached hydrogens (tertiary/aromatic N) is 1. The molecule has 0 unspecified atom stereocenters. The van der Waals surface area contributed by atoms with Crippen LogP contribution in [0.15, 0.2) is 5.38 Å². The second kappa shape index (κ2) is 4.43. The molecule has 0 saturated carbocycles. The van der Waals surface area contributed by atoms with E-state index < -0.39 is 0 Å². The predicted molar refractivity (Wildman–Crippen MR) is 64.1 cm³/mol. The molecule has 1 rings (SSSR count). The first-order valence-electron chi connectivity index (χ1n) is 5.45. The van der Waals surface area contributed by atoms with E-state index in [9.17, 15) is 0 Å². The lowest BCUT2D eigenvalue weighted by atomic mass is 9.93. The summed E-state index contributed by atoms with van der Waals surface area (Å²) in [6.07, 6.45) is 2.40. The number of thiazole rings is 1. The zero-order valence-electron chi connectivity index (χ0n) is 9.92. The Morgan fingerprint density at radius 3 is 2.21 bits per heavy atom. The van der Waals surface area contributed by atoms with Crippen LogP contribution in [-0.2, 0) is 5.41 Å². The molecule has 0 fully saturated rings. The minimum Gasteiger partial charge on any atom is -0.245 e. The average molecular weight is 211 g/mol. The van der Waals surface area contributed by atoms with Crippen molar-refractivity contribution in [2.75, 3.05) is 0 Å². The summed E-state index contributed by atoms with van der Waals surface area (Å²) in [7, 11) is 0. The van der Waals surface area contributed by atoms with E-state index in [1.54, 1.807) is 0 Å². The monoisotopic (exact) mass is 211 g/mol. The maximum absolute atomic E-state index is 4.74. The van der Waals surface area contributed by atoms with Gasteiger partial charge in [0.25, 0.3) is 0 Å². The molecule has 1 aromatic heterocycles. The van der Waals surface area contributed by atoms with E-state index in [0.29, 0.717) is 5.92 Å². The first-order chi connectivity index (χ1) is 6.49. The van der Waals surface area contributed by atoms with E-state index in [1.165, 1.54) is 23.5 Å². The molecule has 0 aliphatic carbocycles. The standard InChI is InChI=1S/C12H21NS/c1-6-9(7-2)11-13-10(8-14-11)12(3,4)5/h8-9H,6-7H2,1-5H3. The molecule has 0 aliphatic rings. The van der Waals surface area contributed by atoms with Crippen LogP contribution in [0, 0.1) is 0 Å². The summed E-state index contributed by atoms with van der Waals surface area (Å²) in [6.45, 7) is 11.1. The highest BCUT2D eigenvalue weighted by Gasteiger charge is 2.19. The fourth-order valence-electron chi connectivity index (χ4n) is 1.46. The van der Waals surface area contributed by atoms with Gasteiger partial charge in [-0.05, 0) is 12.8 Å². The molecule has 0 amide bonds. The molecule has 0 atom stereocenters. The van der Waals surface area contributed by atoms with E-state index >= 15 is 0 Å². The molecular weight excluding hydrogens is 190 g/mol. The van der Waals surface area contributed by atoms with Gasteiger partial charge in [0.1, 0.15) is 0 Å². The van der Waals surface area contributed by atoms with Crippen LogP contribution in [0.5, 0.6) is 0 Å². The van der Waals surface area contributed by atoms with Gasteiger partial charge in [0.05, 0.1) is 10.7 Å². The lowest BCUT2D eigenvalue weighted by molar-refractivity contribution is 0.562. The van der Waals surface area contributed by atoms with Crippen molar-refractivity contribution in [3.8, 4) is 0 Å². The lowest BCUT2D eigenvalue weighted by Crippen LogP contribution is -2.11. The second-order valence-corrected chi connectivity index (χ2v) is 5.72. The maximum Gasteiger partial charge on any atom is 0.0959 e. The Labute approximate surface area is 91.6 Å². The summed E-state index contributed by atoms with van der Waals surface area (Å²) >= 11 is 1.82. The Bertz CT molecular complexity index is 279. The van der Waals surface area contributed by atoms with Gasteiger partial charge in [0.2, 0.25) is 0 Å². The van der Waals surface area contributed by atoms with E-state index in [0.717, 1.165) is 0 Å². The van der Waals surface area contributed by atoms with Gasteiger partial charge in [-0.3, -0.25) is 0 Å². The molecule has 0 saturated heterocycles. The summed E-state index contributed by atoms with van der Waals surface area (Å²) in [6, 6.07) is 0. The highest BCUT2D eigenvalue weighted by Crippen LogP contribution is 2.30. The van der Waals surface area contributed by atoms with Crippen LogP contribution in [0.4, 0.5) is 0 Å². The van der Waals surface area contributed by atoms with Gasteiger partial charge in [-0.15, -0.1) is 11.3 Å². The number of hydrogen-bond acceptors (Lipinski definition) is 2. The molecule has 0 spiro atoms. The van der Waals surface area contributed by atoms with Crippen LogP contribution in [0.25, 0.3) is 0 Å². The quantitative estimate of drug-likeness (QED) is 0.724. The molecule has 0 aliphatic heterocycles. The Balaban J connectivity index is 2.87. The summed E-state index contributed by atoms with van der Waals surface area (Å²) in [5.74, 6) is 0.663. The van der Waals surface area contributed by atoms with Gasteiger partial charge in [-0.25, -0.2) is 4.98 Å². The fourth-order valence-corrected chi connectivity index (χ4v) is 2.77. The normalized spacial score (nSPS) is 12.4. The minimum absolute atomic E-state index is 0.195. The largest absolute Gasteiger partial charge is 0.245 e. The zero-order valence-corrected chi connectivity index (χ0v) is 10.7. The zero-order chi connectivity index (χ0) is 10.8. The molecule has 1 nitrogen and oxygen atoms in total. The van der Waals surface area contributed by atoms with Gasteiger partial charge in [-0.2, -0.15) is 0 Å². The Morgan fingerprint density at radius 1 is 1.29 bits per heavy atom. The van der Waals surface area contributed by atoms with Crippen LogP contribution >= 0.6 is 11.3 Å². The van der Waals surface area contributed by atoms with Crippen LogP contribution < -0.4 is 0 Å². The third kappa shape index (κ3) is 2.57. The molecule has 0 bridgehead atoms. The number of aromatic nitrogens is 1. The molecule has 0 N–H and O–H groups in total. The van der Waals surface area contributed by atoms with Crippen LogP contribution in [0.1, 0.15) is 64.1 Å². The summed E-state index contributed by atoms with van der Waals surface area (Å²) in [5, 5.41) is 3.54. The highest BCUT2D eigenvalue weighted by atomic mass is 32.1. The lowest BCUT2D eigenvalue weighted by Gasteiger charge is -2.15. The van der Waals surface area contributed by atoms with Crippen molar-refractivity contribution in [3.05, 3.63) is 16.1 Å². The SMILES string of the molecule is CCC(CC)c1nc(C(C)(C)C)cs1. The van der Waals surface area contributed by atoms with E-state index in [-0.39, 0.29) is 5.41 Å². The third-order valence-electron chi connectivity index (χ3n) is 2.63. The van der Waals surface area contributed by atoms with Gasteiger partial charge in [-0.1, -0.05) is 34.6 Å². The van der Waals surface area contributed by atoms with Gasteiger partial charge in [0, 0.05) is 16.7 Å². The van der Waals surface area contributed by atoms with Crippen molar-refractivity contribution >= 4 is 11.3 Å². The van der Waals surface area contributed by atoms with Crippen LogP contribution in [0.2, 0.25) is 0 Å². The Hall–Kier alpha value is -0.370. The predicted octanol–water partition coefficient (Wildman–Crippen LogP) is 4.34. The van der Waals surface area contributed by atoms with Crippen LogP contribution in [-0.4, -0.2) is 4.98 Å². The average Bonchev–Trinajstić information content (AvgIpc) is 2.54.